The normalized spacial score (nSPS) is 32.3. The van der Waals surface area contributed by atoms with Gasteiger partial charge in [-0.25, -0.2) is 14.3 Å². The number of methoxy groups -OCH3 is 1. The van der Waals surface area contributed by atoms with Crippen molar-refractivity contribution in [3.63, 3.8) is 0 Å². The van der Waals surface area contributed by atoms with Crippen LogP contribution in [0.1, 0.15) is 19.5 Å². The SMILES string of the molecule is COC(=O)[C@H]([C@@H](C)OC(=O)OC1[C@H]2O[C@@](C)(c3ccc4c(N)ncnn34)[C@H](O)[C@@]12O)N(C)C. The number of aromatic nitrogens is 3. The van der Waals surface area contributed by atoms with Crippen molar-refractivity contribution < 1.29 is 38.7 Å². The first-order valence-electron chi connectivity index (χ1n) is 10.2. The number of nitrogens with zero attached hydrogens (tertiary/aromatic N) is 4. The number of carbonyl (C=O) groups is 2. The fourth-order valence-corrected chi connectivity index (χ4v) is 4.54. The summed E-state index contributed by atoms with van der Waals surface area (Å²) in [5.74, 6) is -0.335. The van der Waals surface area contributed by atoms with E-state index in [2.05, 4.69) is 10.1 Å². The zero-order valence-corrected chi connectivity index (χ0v) is 18.8. The lowest BCUT2D eigenvalue weighted by Crippen LogP contribution is -2.48. The van der Waals surface area contributed by atoms with Crippen LogP contribution in [0, 0.1) is 0 Å². The highest BCUT2D eigenvalue weighted by Gasteiger charge is 2.82. The minimum absolute atomic E-state index is 0.247. The van der Waals surface area contributed by atoms with Gasteiger partial charge in [-0.2, -0.15) is 5.10 Å². The van der Waals surface area contributed by atoms with Crippen molar-refractivity contribution in [2.75, 3.05) is 26.9 Å². The number of nitrogen functional groups attached to an aromatic ring is 1. The first kappa shape index (κ1) is 23.2. The van der Waals surface area contributed by atoms with E-state index < -0.39 is 53.8 Å². The van der Waals surface area contributed by atoms with E-state index in [0.29, 0.717) is 11.2 Å². The van der Waals surface area contributed by atoms with Gasteiger partial charge in [0.05, 0.1) is 12.8 Å². The zero-order chi connectivity index (χ0) is 24.3. The average Bonchev–Trinajstić information content (AvgIpc) is 3.05. The number of hydrogen-bond acceptors (Lipinski definition) is 12. The monoisotopic (exact) mass is 465 g/mol. The van der Waals surface area contributed by atoms with Gasteiger partial charge in [0.2, 0.25) is 0 Å². The standard InChI is InChI=1S/C20H27N5O8/c1-9(12(24(3)4)16(26)30-5)31-18(28)32-13-14-20(13,29)17(27)19(2,33-14)11-7-6-10-15(21)22-8-23-25(10)11/h6-9,12-14,17,27,29H,1-5H3,(H2,21,22,23)/t9-,12+,13?,14-,17+,19+,20-/m1/s1. The van der Waals surface area contributed by atoms with Crippen LogP contribution in [0.5, 0.6) is 0 Å². The van der Waals surface area contributed by atoms with Crippen molar-refractivity contribution in [2.24, 2.45) is 0 Å². The maximum Gasteiger partial charge on any atom is 0.509 e. The molecule has 4 N–H and O–H groups in total. The van der Waals surface area contributed by atoms with E-state index >= 15 is 0 Å². The summed E-state index contributed by atoms with van der Waals surface area (Å²) in [6.07, 6.45) is -4.34. The average molecular weight is 465 g/mol. The quantitative estimate of drug-likeness (QED) is 0.447. The number of hydrogen-bond donors (Lipinski definition) is 3. The van der Waals surface area contributed by atoms with E-state index in [1.54, 1.807) is 38.1 Å². The summed E-state index contributed by atoms with van der Waals surface area (Å²) >= 11 is 0. The molecule has 2 aromatic rings. The molecule has 1 aliphatic heterocycles. The van der Waals surface area contributed by atoms with E-state index in [4.69, 9.17) is 24.7 Å². The van der Waals surface area contributed by atoms with Gasteiger partial charge in [-0.1, -0.05) is 0 Å². The molecule has 1 aliphatic carbocycles. The van der Waals surface area contributed by atoms with Crippen molar-refractivity contribution in [1.29, 1.82) is 0 Å². The van der Waals surface area contributed by atoms with Crippen LogP contribution in [0.3, 0.4) is 0 Å². The fourth-order valence-electron chi connectivity index (χ4n) is 4.54. The lowest BCUT2D eigenvalue weighted by molar-refractivity contribution is -0.151. The predicted octanol–water partition coefficient (Wildman–Crippen LogP) is -0.955. The summed E-state index contributed by atoms with van der Waals surface area (Å²) in [5.41, 5.74) is 3.63. The Balaban J connectivity index is 1.45. The molecule has 180 valence electrons. The van der Waals surface area contributed by atoms with Crippen molar-refractivity contribution in [1.82, 2.24) is 19.5 Å². The van der Waals surface area contributed by atoms with Crippen LogP contribution in [0.2, 0.25) is 0 Å². The Hall–Kier alpha value is -3.00. The zero-order valence-electron chi connectivity index (χ0n) is 18.8. The van der Waals surface area contributed by atoms with E-state index in [9.17, 15) is 19.8 Å². The molecular formula is C20H27N5O8. The molecule has 7 atom stereocenters. The third-order valence-corrected chi connectivity index (χ3v) is 6.35. The van der Waals surface area contributed by atoms with Crippen LogP contribution >= 0.6 is 0 Å². The molecule has 2 aromatic heterocycles. The summed E-state index contributed by atoms with van der Waals surface area (Å²) < 4.78 is 22.6. The second kappa shape index (κ2) is 7.80. The fraction of sp³-hybridized carbons (Fsp3) is 0.600. The molecule has 1 unspecified atom stereocenters. The summed E-state index contributed by atoms with van der Waals surface area (Å²) in [6, 6.07) is 2.49. The topological polar surface area (TPSA) is 171 Å². The Morgan fingerprint density at radius 2 is 2.06 bits per heavy atom. The number of carbonyl (C=O) groups excluding carboxylic acids is 2. The van der Waals surface area contributed by atoms with Crippen molar-refractivity contribution in [3.8, 4) is 0 Å². The van der Waals surface area contributed by atoms with Crippen LogP contribution in [-0.4, -0.2) is 99.1 Å². The number of aliphatic hydroxyl groups is 2. The molecule has 2 aliphatic rings. The Kier molecular flexibility index (Phi) is 5.47. The molecule has 1 saturated heterocycles. The predicted molar refractivity (Wildman–Crippen MR) is 111 cm³/mol. The largest absolute Gasteiger partial charge is 0.509 e. The molecule has 0 spiro atoms. The Bertz CT molecular complexity index is 1090. The van der Waals surface area contributed by atoms with Gasteiger partial charge in [-0.3, -0.25) is 9.69 Å². The van der Waals surface area contributed by atoms with Crippen molar-refractivity contribution in [3.05, 3.63) is 24.2 Å². The Labute approximate surface area is 189 Å². The van der Waals surface area contributed by atoms with E-state index in [0.717, 1.165) is 0 Å². The molecule has 3 heterocycles. The third-order valence-electron chi connectivity index (χ3n) is 6.35. The van der Waals surface area contributed by atoms with Crippen LogP contribution in [0.25, 0.3) is 5.52 Å². The van der Waals surface area contributed by atoms with Gasteiger partial charge in [0.15, 0.2) is 17.5 Å². The van der Waals surface area contributed by atoms with Crippen molar-refractivity contribution >= 4 is 23.5 Å². The van der Waals surface area contributed by atoms with Crippen molar-refractivity contribution in [2.45, 2.75) is 55.5 Å². The Morgan fingerprint density at radius 1 is 1.36 bits per heavy atom. The first-order valence-corrected chi connectivity index (χ1v) is 10.2. The second-order valence-electron chi connectivity index (χ2n) is 8.64. The van der Waals surface area contributed by atoms with Gasteiger partial charge in [-0.15, -0.1) is 0 Å². The van der Waals surface area contributed by atoms with Gasteiger partial charge in [0.25, 0.3) is 0 Å². The number of likely N-dealkylation sites (N-methyl/N-ethyl adjacent to an activating group) is 1. The maximum absolute atomic E-state index is 12.3. The van der Waals surface area contributed by atoms with E-state index in [1.807, 2.05) is 0 Å². The lowest BCUT2D eigenvalue weighted by Gasteiger charge is -2.32. The molecule has 1 saturated carbocycles. The molecule has 0 radical (unpaired) electrons. The number of esters is 1. The highest BCUT2D eigenvalue weighted by atomic mass is 16.8. The molecule has 0 amide bonds. The van der Waals surface area contributed by atoms with Gasteiger partial charge in [0.1, 0.15) is 41.8 Å². The molecule has 2 fully saturated rings. The Morgan fingerprint density at radius 3 is 2.64 bits per heavy atom. The summed E-state index contributed by atoms with van der Waals surface area (Å²) in [5, 5.41) is 26.1. The van der Waals surface area contributed by atoms with Crippen LogP contribution < -0.4 is 5.73 Å². The number of aliphatic hydroxyl groups excluding tert-OH is 1. The number of fused-ring (bicyclic) bond motifs is 2. The molecule has 0 bridgehead atoms. The van der Waals surface area contributed by atoms with Crippen LogP contribution in [0.4, 0.5) is 10.6 Å². The van der Waals surface area contributed by atoms with Gasteiger partial charge in [0, 0.05) is 0 Å². The summed E-state index contributed by atoms with van der Waals surface area (Å²) in [6.45, 7) is 3.11. The molecule has 33 heavy (non-hydrogen) atoms. The number of rotatable bonds is 6. The van der Waals surface area contributed by atoms with E-state index in [-0.39, 0.29) is 5.82 Å². The lowest BCUT2D eigenvalue weighted by atomic mass is 9.91. The highest BCUT2D eigenvalue weighted by molar-refractivity contribution is 5.77. The minimum Gasteiger partial charge on any atom is -0.468 e. The number of anilines is 1. The van der Waals surface area contributed by atoms with Crippen LogP contribution in [-0.2, 0) is 29.3 Å². The van der Waals surface area contributed by atoms with Crippen LogP contribution in [0.15, 0.2) is 18.5 Å². The molecular weight excluding hydrogens is 438 g/mol. The van der Waals surface area contributed by atoms with Gasteiger partial charge < -0.3 is 34.9 Å². The molecule has 13 heteroatoms. The van der Waals surface area contributed by atoms with E-state index in [1.165, 1.54) is 24.9 Å². The number of ether oxygens (including phenoxy) is 4. The maximum atomic E-state index is 12.3. The smallest absolute Gasteiger partial charge is 0.468 e. The molecule has 13 nitrogen and oxygen atoms in total. The van der Waals surface area contributed by atoms with Gasteiger partial charge >= 0.3 is 12.1 Å². The summed E-state index contributed by atoms with van der Waals surface area (Å²) in [7, 11) is 4.50. The highest BCUT2D eigenvalue weighted by Crippen LogP contribution is 2.59. The first-order chi connectivity index (χ1) is 15.5. The van der Waals surface area contributed by atoms with Gasteiger partial charge in [-0.05, 0) is 40.1 Å². The molecule has 4 rings (SSSR count). The minimum atomic E-state index is -1.84. The second-order valence-corrected chi connectivity index (χ2v) is 8.64. The number of nitrogens with two attached hydrogens (primary N) is 1. The molecule has 0 aromatic carbocycles. The third kappa shape index (κ3) is 3.39. The summed E-state index contributed by atoms with van der Waals surface area (Å²) in [4.78, 5) is 29.7.